The summed E-state index contributed by atoms with van der Waals surface area (Å²) in [6.07, 6.45) is 10.3. The molecule has 10 nitrogen and oxygen atoms in total. The number of aromatic amines is 1. The van der Waals surface area contributed by atoms with E-state index < -0.39 is 0 Å². The van der Waals surface area contributed by atoms with Crippen molar-refractivity contribution < 1.29 is 4.74 Å². The van der Waals surface area contributed by atoms with Crippen molar-refractivity contribution in [1.29, 1.82) is 0 Å². The Hall–Kier alpha value is -3.11. The van der Waals surface area contributed by atoms with Gasteiger partial charge in [-0.25, -0.2) is 4.98 Å². The standard InChI is InChI=1S/C28H41N9O/c1-35-14-16-37(17-15-35)21-10-12-36(13-11-21)22-8-9-23(24(18-22)38-2)32-28-33-26-25(29-19-30-26)27(34-28)31-20-6-4-3-5-7-20/h8-9,18-21H,3-7,10-17H2,1-2H3,(H3,29,30,31,32,33,34). The van der Waals surface area contributed by atoms with Crippen LogP contribution >= 0.6 is 0 Å². The maximum Gasteiger partial charge on any atom is 0.231 e. The Labute approximate surface area is 225 Å². The molecule has 4 heterocycles. The van der Waals surface area contributed by atoms with Crippen molar-refractivity contribution in [3.8, 4) is 5.75 Å². The number of hydrogen-bond acceptors (Lipinski definition) is 9. The number of aromatic nitrogens is 4. The second-order valence-electron chi connectivity index (χ2n) is 11.0. The molecule has 0 unspecified atom stereocenters. The average Bonchev–Trinajstić information content (AvgIpc) is 3.44. The third-order valence-electron chi connectivity index (χ3n) is 8.55. The van der Waals surface area contributed by atoms with Crippen molar-refractivity contribution in [2.75, 3.05) is 69.0 Å². The first-order valence-corrected chi connectivity index (χ1v) is 14.3. The minimum absolute atomic E-state index is 0.437. The van der Waals surface area contributed by atoms with Gasteiger partial charge in [0.25, 0.3) is 0 Å². The molecule has 6 rings (SSSR count). The van der Waals surface area contributed by atoms with Crippen LogP contribution in [0.25, 0.3) is 11.2 Å². The van der Waals surface area contributed by atoms with Crippen LogP contribution < -0.4 is 20.3 Å². The highest BCUT2D eigenvalue weighted by atomic mass is 16.5. The van der Waals surface area contributed by atoms with Crippen molar-refractivity contribution in [2.45, 2.75) is 57.0 Å². The van der Waals surface area contributed by atoms with Gasteiger partial charge in [0, 0.05) is 63.1 Å². The molecular weight excluding hydrogens is 478 g/mol. The van der Waals surface area contributed by atoms with Crippen LogP contribution in [0.5, 0.6) is 5.75 Å². The molecule has 1 saturated carbocycles. The lowest BCUT2D eigenvalue weighted by Gasteiger charge is -2.42. The average molecular weight is 520 g/mol. The first-order chi connectivity index (χ1) is 18.7. The number of hydrogen-bond donors (Lipinski definition) is 3. The summed E-state index contributed by atoms with van der Waals surface area (Å²) >= 11 is 0. The Morgan fingerprint density at radius 3 is 2.50 bits per heavy atom. The van der Waals surface area contributed by atoms with Gasteiger partial charge in [-0.05, 0) is 44.9 Å². The number of nitrogens with zero attached hydrogens (tertiary/aromatic N) is 6. The van der Waals surface area contributed by atoms with E-state index in [2.05, 4.69) is 65.5 Å². The van der Waals surface area contributed by atoms with E-state index in [1.165, 1.54) is 76.8 Å². The van der Waals surface area contributed by atoms with Crippen LogP contribution in [0.3, 0.4) is 0 Å². The summed E-state index contributed by atoms with van der Waals surface area (Å²) in [5.41, 5.74) is 3.55. The van der Waals surface area contributed by atoms with Crippen LogP contribution in [-0.2, 0) is 0 Å². The van der Waals surface area contributed by atoms with E-state index in [-0.39, 0.29) is 0 Å². The van der Waals surface area contributed by atoms with Crippen molar-refractivity contribution in [3.63, 3.8) is 0 Å². The molecule has 1 aromatic carbocycles. The number of ether oxygens (including phenoxy) is 1. The van der Waals surface area contributed by atoms with Crippen molar-refractivity contribution in [1.82, 2.24) is 29.7 Å². The van der Waals surface area contributed by atoms with Crippen LogP contribution in [0, 0.1) is 0 Å². The second-order valence-corrected chi connectivity index (χ2v) is 11.0. The molecule has 2 aromatic heterocycles. The highest BCUT2D eigenvalue weighted by Crippen LogP contribution is 2.34. The number of benzene rings is 1. The summed E-state index contributed by atoms with van der Waals surface area (Å²) in [6.45, 7) is 6.89. The van der Waals surface area contributed by atoms with Crippen LogP contribution in [-0.4, -0.2) is 95.2 Å². The summed E-state index contributed by atoms with van der Waals surface area (Å²) in [5.74, 6) is 2.11. The Balaban J connectivity index is 1.14. The molecule has 10 heteroatoms. The molecule has 204 valence electrons. The predicted octanol–water partition coefficient (Wildman–Crippen LogP) is 4.07. The fourth-order valence-electron chi connectivity index (χ4n) is 6.21. The van der Waals surface area contributed by atoms with Crippen molar-refractivity contribution >= 4 is 34.3 Å². The summed E-state index contributed by atoms with van der Waals surface area (Å²) in [5, 5.41) is 7.04. The lowest BCUT2D eigenvalue weighted by Crippen LogP contribution is -2.52. The van der Waals surface area contributed by atoms with E-state index in [0.29, 0.717) is 23.7 Å². The molecule has 0 spiro atoms. The van der Waals surface area contributed by atoms with Crippen LogP contribution in [0.2, 0.25) is 0 Å². The first-order valence-electron chi connectivity index (χ1n) is 14.3. The molecule has 0 bridgehead atoms. The Morgan fingerprint density at radius 1 is 0.947 bits per heavy atom. The zero-order chi connectivity index (χ0) is 25.9. The molecule has 3 aliphatic rings. The summed E-state index contributed by atoms with van der Waals surface area (Å²) < 4.78 is 5.80. The molecule has 0 atom stereocenters. The topological polar surface area (TPSA) is 97.5 Å². The van der Waals surface area contributed by atoms with Crippen LogP contribution in [0.15, 0.2) is 24.5 Å². The number of anilines is 4. The van der Waals surface area contributed by atoms with Gasteiger partial charge < -0.3 is 30.2 Å². The predicted molar refractivity (Wildman–Crippen MR) is 153 cm³/mol. The second kappa shape index (κ2) is 11.3. The third-order valence-corrected chi connectivity index (χ3v) is 8.55. The lowest BCUT2D eigenvalue weighted by atomic mass is 9.95. The highest BCUT2D eigenvalue weighted by Gasteiger charge is 2.27. The molecule has 0 amide bonds. The van der Waals surface area contributed by atoms with E-state index in [1.54, 1.807) is 13.4 Å². The first kappa shape index (κ1) is 25.2. The molecule has 3 aromatic rings. The number of piperazine rings is 1. The number of fused-ring (bicyclic) bond motifs is 1. The van der Waals surface area contributed by atoms with Gasteiger partial charge in [0.15, 0.2) is 11.5 Å². The number of H-pyrrole nitrogens is 1. The number of imidazole rings is 1. The normalized spacial score (nSPS) is 20.6. The molecule has 38 heavy (non-hydrogen) atoms. The fourth-order valence-corrected chi connectivity index (χ4v) is 6.21. The molecule has 3 N–H and O–H groups in total. The van der Waals surface area contributed by atoms with Gasteiger partial charge in [-0.1, -0.05) is 19.3 Å². The maximum absolute atomic E-state index is 5.80. The largest absolute Gasteiger partial charge is 0.494 e. The molecule has 2 saturated heterocycles. The minimum atomic E-state index is 0.437. The number of rotatable bonds is 7. The fraction of sp³-hybridized carbons (Fsp3) is 0.607. The zero-order valence-corrected chi connectivity index (χ0v) is 22.7. The van der Waals surface area contributed by atoms with E-state index >= 15 is 0 Å². The zero-order valence-electron chi connectivity index (χ0n) is 22.7. The van der Waals surface area contributed by atoms with E-state index in [4.69, 9.17) is 9.72 Å². The SMILES string of the molecule is COc1cc(N2CCC(N3CCN(C)CC3)CC2)ccc1Nc1nc(NC2CCCCC2)c2[nH]cnc2n1. The Kier molecular flexibility index (Phi) is 7.51. The Bertz CT molecular complexity index is 1210. The third kappa shape index (κ3) is 5.51. The van der Waals surface area contributed by atoms with Crippen molar-refractivity contribution in [2.24, 2.45) is 0 Å². The minimum Gasteiger partial charge on any atom is -0.494 e. The van der Waals surface area contributed by atoms with E-state index in [0.717, 1.165) is 35.9 Å². The Morgan fingerprint density at radius 2 is 1.74 bits per heavy atom. The number of piperidine rings is 1. The van der Waals surface area contributed by atoms with Gasteiger partial charge in [-0.2, -0.15) is 9.97 Å². The van der Waals surface area contributed by atoms with Gasteiger partial charge in [0.1, 0.15) is 11.3 Å². The molecular formula is C28H41N9O. The van der Waals surface area contributed by atoms with Crippen LogP contribution in [0.1, 0.15) is 44.9 Å². The van der Waals surface area contributed by atoms with Gasteiger partial charge in [-0.15, -0.1) is 0 Å². The van der Waals surface area contributed by atoms with Gasteiger partial charge in [-0.3, -0.25) is 4.90 Å². The van der Waals surface area contributed by atoms with Gasteiger partial charge in [0.2, 0.25) is 5.95 Å². The number of likely N-dealkylation sites (N-methyl/N-ethyl adjacent to an activating group) is 1. The highest BCUT2D eigenvalue weighted by molar-refractivity contribution is 5.84. The molecule has 0 radical (unpaired) electrons. The number of methoxy groups -OCH3 is 1. The molecule has 1 aliphatic carbocycles. The molecule has 2 aliphatic heterocycles. The monoisotopic (exact) mass is 519 g/mol. The van der Waals surface area contributed by atoms with Gasteiger partial charge >= 0.3 is 0 Å². The smallest absolute Gasteiger partial charge is 0.231 e. The van der Waals surface area contributed by atoms with Crippen LogP contribution in [0.4, 0.5) is 23.1 Å². The van der Waals surface area contributed by atoms with E-state index in [9.17, 15) is 0 Å². The summed E-state index contributed by atoms with van der Waals surface area (Å²) in [7, 11) is 3.94. The summed E-state index contributed by atoms with van der Waals surface area (Å²) in [4.78, 5) is 24.7. The number of nitrogens with one attached hydrogen (secondary N) is 3. The summed E-state index contributed by atoms with van der Waals surface area (Å²) in [6, 6.07) is 7.52. The van der Waals surface area contributed by atoms with E-state index in [1.807, 2.05) is 0 Å². The van der Waals surface area contributed by atoms with Crippen molar-refractivity contribution in [3.05, 3.63) is 24.5 Å². The maximum atomic E-state index is 5.80. The quantitative estimate of drug-likeness (QED) is 0.427. The lowest BCUT2D eigenvalue weighted by molar-refractivity contribution is 0.0982. The van der Waals surface area contributed by atoms with Gasteiger partial charge in [0.05, 0.1) is 19.1 Å². The molecule has 3 fully saturated rings.